The van der Waals surface area contributed by atoms with Crippen molar-refractivity contribution in [2.24, 2.45) is 0 Å². The van der Waals surface area contributed by atoms with Crippen LogP contribution in [0.4, 0.5) is 0 Å². The maximum absolute atomic E-state index is 12.5. The number of rotatable bonds is 63. The van der Waals surface area contributed by atoms with E-state index in [4.69, 9.17) is 4.74 Å². The molecule has 0 rings (SSSR count). The van der Waals surface area contributed by atoms with E-state index in [0.717, 1.165) is 51.4 Å². The lowest BCUT2D eigenvalue weighted by molar-refractivity contribution is -0.143. The Morgan fingerprint density at radius 2 is 0.676 bits per heavy atom. The van der Waals surface area contributed by atoms with Crippen LogP contribution in [0.2, 0.25) is 0 Å². The third-order valence-electron chi connectivity index (χ3n) is 15.8. The van der Waals surface area contributed by atoms with Crippen molar-refractivity contribution in [1.82, 2.24) is 5.32 Å². The summed E-state index contributed by atoms with van der Waals surface area (Å²) in [6.45, 7) is 4.95. The average molecular weight is 1040 g/mol. The predicted octanol–water partition coefficient (Wildman–Crippen LogP) is 21.4. The lowest BCUT2D eigenvalue weighted by atomic mass is 10.0. The molecule has 0 aliphatic carbocycles. The zero-order chi connectivity index (χ0) is 53.6. The molecule has 438 valence electrons. The van der Waals surface area contributed by atoms with E-state index < -0.39 is 12.1 Å². The summed E-state index contributed by atoms with van der Waals surface area (Å²) in [6.07, 6.45) is 79.2. The number of allylic oxidation sites excluding steroid dienone is 4. The normalized spacial score (nSPS) is 12.6. The monoisotopic (exact) mass is 1040 g/mol. The summed E-state index contributed by atoms with van der Waals surface area (Å²) in [4.78, 5) is 24.6. The summed E-state index contributed by atoms with van der Waals surface area (Å²) >= 11 is 0. The summed E-state index contributed by atoms with van der Waals surface area (Å²) in [6, 6.07) is -0.541. The highest BCUT2D eigenvalue weighted by molar-refractivity contribution is 5.76. The van der Waals surface area contributed by atoms with Crippen molar-refractivity contribution in [2.45, 2.75) is 386 Å². The summed E-state index contributed by atoms with van der Waals surface area (Å²) in [5.74, 6) is -0.0205. The maximum Gasteiger partial charge on any atom is 0.305 e. The molecule has 0 aliphatic heterocycles. The van der Waals surface area contributed by atoms with Crippen LogP contribution in [0.3, 0.4) is 0 Å². The molecule has 0 fully saturated rings. The molecule has 3 N–H and O–H groups in total. The van der Waals surface area contributed by atoms with E-state index in [-0.39, 0.29) is 18.5 Å². The van der Waals surface area contributed by atoms with Gasteiger partial charge in [-0.3, -0.25) is 9.59 Å². The van der Waals surface area contributed by atoms with Gasteiger partial charge in [0.25, 0.3) is 0 Å². The fraction of sp³-hybridized carbons (Fsp3) is 0.912. The quantitative estimate of drug-likeness (QED) is 0.0320. The Balaban J connectivity index is 3.35. The molecule has 0 saturated carbocycles. The Morgan fingerprint density at radius 1 is 0.378 bits per heavy atom. The van der Waals surface area contributed by atoms with Crippen molar-refractivity contribution in [2.75, 3.05) is 13.2 Å². The van der Waals surface area contributed by atoms with Gasteiger partial charge in [-0.1, -0.05) is 327 Å². The largest absolute Gasteiger partial charge is 0.466 e. The fourth-order valence-electron chi connectivity index (χ4n) is 10.6. The standard InChI is InChI=1S/C68H131NO5/c1-3-5-7-9-11-13-15-17-19-20-26-30-34-38-42-46-50-54-58-62-68(73)74-63-59-55-51-47-43-39-35-31-28-25-23-21-22-24-27-29-33-37-41-45-49-53-57-61-67(72)69-65(64-70)66(71)60-56-52-48-44-40-36-32-18-16-14-12-10-8-6-4-2/h11,13,17,19,65-66,70-71H,3-10,12,14-16,18,20-64H2,1-2H3,(H,69,72)/b13-11-,19-17-. The first-order chi connectivity index (χ1) is 36.5. The molecule has 6 heteroatoms. The number of hydrogen-bond acceptors (Lipinski definition) is 5. The molecule has 2 unspecified atom stereocenters. The number of esters is 1. The van der Waals surface area contributed by atoms with Gasteiger partial charge in [0, 0.05) is 12.8 Å². The van der Waals surface area contributed by atoms with E-state index >= 15 is 0 Å². The van der Waals surface area contributed by atoms with Gasteiger partial charge >= 0.3 is 5.97 Å². The molecular formula is C68H131NO5. The second-order valence-corrected chi connectivity index (χ2v) is 23.2. The number of hydrogen-bond donors (Lipinski definition) is 3. The van der Waals surface area contributed by atoms with Gasteiger partial charge in [-0.15, -0.1) is 0 Å². The van der Waals surface area contributed by atoms with Crippen LogP contribution in [0.1, 0.15) is 373 Å². The van der Waals surface area contributed by atoms with Gasteiger partial charge in [0.1, 0.15) is 0 Å². The van der Waals surface area contributed by atoms with Crippen molar-refractivity contribution in [3.05, 3.63) is 24.3 Å². The minimum atomic E-state index is -0.663. The van der Waals surface area contributed by atoms with E-state index in [1.807, 2.05) is 0 Å². The summed E-state index contributed by atoms with van der Waals surface area (Å²) in [5, 5.41) is 23.3. The summed E-state index contributed by atoms with van der Waals surface area (Å²) in [7, 11) is 0. The van der Waals surface area contributed by atoms with Gasteiger partial charge in [0.2, 0.25) is 5.91 Å². The molecular weight excluding hydrogens is 911 g/mol. The Hall–Kier alpha value is -1.66. The first-order valence-corrected chi connectivity index (χ1v) is 33.6. The van der Waals surface area contributed by atoms with Crippen molar-refractivity contribution in [3.8, 4) is 0 Å². The molecule has 0 aromatic heterocycles. The van der Waals surface area contributed by atoms with Crippen LogP contribution in [0.25, 0.3) is 0 Å². The molecule has 0 bridgehead atoms. The molecule has 1 amide bonds. The van der Waals surface area contributed by atoms with Gasteiger partial charge < -0.3 is 20.3 Å². The Kier molecular flexibility index (Phi) is 62.4. The van der Waals surface area contributed by atoms with E-state index in [1.165, 1.54) is 289 Å². The zero-order valence-corrected chi connectivity index (χ0v) is 50.1. The summed E-state index contributed by atoms with van der Waals surface area (Å²) < 4.78 is 5.50. The first kappa shape index (κ1) is 72.3. The van der Waals surface area contributed by atoms with Crippen LogP contribution in [-0.4, -0.2) is 47.4 Å². The van der Waals surface area contributed by atoms with Crippen LogP contribution in [0, 0.1) is 0 Å². The van der Waals surface area contributed by atoms with Crippen LogP contribution in [0.15, 0.2) is 24.3 Å². The number of unbranched alkanes of at least 4 members (excludes halogenated alkanes) is 48. The van der Waals surface area contributed by atoms with Gasteiger partial charge in [0.05, 0.1) is 25.4 Å². The number of carbonyl (C=O) groups excluding carboxylic acids is 2. The van der Waals surface area contributed by atoms with Crippen molar-refractivity contribution >= 4 is 11.9 Å². The third kappa shape index (κ3) is 59.6. The van der Waals surface area contributed by atoms with Crippen molar-refractivity contribution < 1.29 is 24.5 Å². The van der Waals surface area contributed by atoms with Gasteiger partial charge in [-0.2, -0.15) is 0 Å². The highest BCUT2D eigenvalue weighted by Gasteiger charge is 2.20. The first-order valence-electron chi connectivity index (χ1n) is 33.6. The minimum absolute atomic E-state index is 0.0114. The molecule has 0 radical (unpaired) electrons. The number of nitrogens with one attached hydrogen (secondary N) is 1. The number of carbonyl (C=O) groups is 2. The highest BCUT2D eigenvalue weighted by atomic mass is 16.5. The van der Waals surface area contributed by atoms with Crippen molar-refractivity contribution in [3.63, 3.8) is 0 Å². The van der Waals surface area contributed by atoms with Crippen LogP contribution in [0.5, 0.6) is 0 Å². The minimum Gasteiger partial charge on any atom is -0.466 e. The Morgan fingerprint density at radius 3 is 1.05 bits per heavy atom. The molecule has 0 aliphatic rings. The topological polar surface area (TPSA) is 95.9 Å². The molecule has 2 atom stereocenters. The fourth-order valence-corrected chi connectivity index (χ4v) is 10.6. The summed E-state index contributed by atoms with van der Waals surface area (Å²) in [5.41, 5.74) is 0. The van der Waals surface area contributed by atoms with Gasteiger partial charge in [0.15, 0.2) is 0 Å². The van der Waals surface area contributed by atoms with Crippen LogP contribution >= 0.6 is 0 Å². The molecule has 0 spiro atoms. The van der Waals surface area contributed by atoms with E-state index in [2.05, 4.69) is 43.5 Å². The van der Waals surface area contributed by atoms with E-state index in [9.17, 15) is 19.8 Å². The molecule has 0 heterocycles. The van der Waals surface area contributed by atoms with Gasteiger partial charge in [-0.25, -0.2) is 0 Å². The van der Waals surface area contributed by atoms with E-state index in [1.54, 1.807) is 0 Å². The molecule has 0 aromatic rings. The van der Waals surface area contributed by atoms with Gasteiger partial charge in [-0.05, 0) is 57.8 Å². The lowest BCUT2D eigenvalue weighted by Crippen LogP contribution is -2.45. The second-order valence-electron chi connectivity index (χ2n) is 23.2. The average Bonchev–Trinajstić information content (AvgIpc) is 3.40. The lowest BCUT2D eigenvalue weighted by Gasteiger charge is -2.22. The Bertz CT molecular complexity index is 1150. The molecule has 74 heavy (non-hydrogen) atoms. The SMILES string of the molecule is CCCCC/C=C\C/C=C\CCCCCCCCCCCC(=O)OCCCCCCCCCCCCCCCCCCCCCCCCCC(=O)NC(CO)C(O)CCCCCCCCCCCCCCCCC. The molecule has 6 nitrogen and oxygen atoms in total. The number of ether oxygens (including phenoxy) is 1. The number of amides is 1. The van der Waals surface area contributed by atoms with E-state index in [0.29, 0.717) is 25.9 Å². The maximum atomic E-state index is 12.5. The zero-order valence-electron chi connectivity index (χ0n) is 50.1. The highest BCUT2D eigenvalue weighted by Crippen LogP contribution is 2.19. The smallest absolute Gasteiger partial charge is 0.305 e. The number of aliphatic hydroxyl groups excluding tert-OH is 2. The number of aliphatic hydroxyl groups is 2. The predicted molar refractivity (Wildman–Crippen MR) is 324 cm³/mol. The Labute approximate surface area is 462 Å². The second kappa shape index (κ2) is 63.9. The van der Waals surface area contributed by atoms with Crippen LogP contribution in [-0.2, 0) is 14.3 Å². The van der Waals surface area contributed by atoms with Crippen LogP contribution < -0.4 is 5.32 Å². The third-order valence-corrected chi connectivity index (χ3v) is 15.8. The molecule has 0 aromatic carbocycles. The molecule has 0 saturated heterocycles. The van der Waals surface area contributed by atoms with Crippen molar-refractivity contribution in [1.29, 1.82) is 0 Å².